The maximum Gasteiger partial charge on any atom is 0.422 e. The van der Waals surface area contributed by atoms with E-state index < -0.39 is 18.6 Å². The molecule has 2 aromatic rings. The predicted molar refractivity (Wildman–Crippen MR) is 66.6 cm³/mol. The molecule has 0 atom stereocenters. The van der Waals surface area contributed by atoms with Gasteiger partial charge in [-0.15, -0.1) is 0 Å². The van der Waals surface area contributed by atoms with Gasteiger partial charge in [0.1, 0.15) is 6.61 Å². The van der Waals surface area contributed by atoms with Gasteiger partial charge in [-0.2, -0.15) is 9.27 Å². The van der Waals surface area contributed by atoms with Gasteiger partial charge in [-0.3, -0.25) is 4.79 Å². The molecular weight excluding hydrogens is 256 g/mol. The Hall–Kier alpha value is -1.99. The highest BCUT2D eigenvalue weighted by molar-refractivity contribution is 7.13. The number of ether oxygens (including phenoxy) is 1. The summed E-state index contributed by atoms with van der Waals surface area (Å²) in [5.41, 5.74) is 0. The van der Waals surface area contributed by atoms with Gasteiger partial charge in [-0.25, -0.2) is 4.79 Å². The maximum atomic E-state index is 11.6. The SMILES string of the molecule is COC(=O)N(C(=O)CO)c1nsc2ccccc12. The standard InChI is InChI=1S/C11H10N2O4S/c1-17-11(16)13(9(15)6-14)10-7-4-2-3-5-8(7)18-12-10/h2-5,14H,6H2,1H3. The van der Waals surface area contributed by atoms with E-state index >= 15 is 0 Å². The number of nitrogens with zero attached hydrogens (tertiary/aromatic N) is 2. The van der Waals surface area contributed by atoms with E-state index in [1.807, 2.05) is 12.1 Å². The van der Waals surface area contributed by atoms with Crippen molar-refractivity contribution in [1.29, 1.82) is 0 Å². The number of aliphatic hydroxyl groups excluding tert-OH is 1. The van der Waals surface area contributed by atoms with Crippen LogP contribution in [0.5, 0.6) is 0 Å². The lowest BCUT2D eigenvalue weighted by molar-refractivity contribution is -0.120. The van der Waals surface area contributed by atoms with Crippen molar-refractivity contribution in [2.45, 2.75) is 0 Å². The van der Waals surface area contributed by atoms with Crippen LogP contribution in [0.1, 0.15) is 0 Å². The van der Waals surface area contributed by atoms with E-state index in [0.29, 0.717) is 5.39 Å². The smallest absolute Gasteiger partial charge is 0.422 e. The number of fused-ring (bicyclic) bond motifs is 1. The van der Waals surface area contributed by atoms with Crippen molar-refractivity contribution in [1.82, 2.24) is 4.37 Å². The molecule has 1 N–H and O–H groups in total. The minimum Gasteiger partial charge on any atom is -0.452 e. The van der Waals surface area contributed by atoms with E-state index in [1.54, 1.807) is 12.1 Å². The molecule has 0 saturated carbocycles. The first-order valence-electron chi connectivity index (χ1n) is 5.05. The number of hydrogen-bond donors (Lipinski definition) is 1. The molecule has 0 bridgehead atoms. The van der Waals surface area contributed by atoms with Crippen LogP contribution in [-0.4, -0.2) is 35.2 Å². The van der Waals surface area contributed by atoms with Gasteiger partial charge in [0.25, 0.3) is 5.91 Å². The summed E-state index contributed by atoms with van der Waals surface area (Å²) in [6, 6.07) is 7.18. The first kappa shape index (κ1) is 12.5. The van der Waals surface area contributed by atoms with Crippen LogP contribution in [0.2, 0.25) is 0 Å². The van der Waals surface area contributed by atoms with Crippen molar-refractivity contribution in [3.05, 3.63) is 24.3 Å². The van der Waals surface area contributed by atoms with Gasteiger partial charge in [0, 0.05) is 5.39 Å². The monoisotopic (exact) mass is 266 g/mol. The van der Waals surface area contributed by atoms with Gasteiger partial charge in [-0.05, 0) is 23.7 Å². The summed E-state index contributed by atoms with van der Waals surface area (Å²) in [6.07, 6.45) is -0.870. The lowest BCUT2D eigenvalue weighted by Gasteiger charge is -2.15. The van der Waals surface area contributed by atoms with Crippen LogP contribution in [0.3, 0.4) is 0 Å². The summed E-state index contributed by atoms with van der Waals surface area (Å²) in [7, 11) is 1.16. The van der Waals surface area contributed by atoms with E-state index in [-0.39, 0.29) is 5.82 Å². The van der Waals surface area contributed by atoms with Crippen molar-refractivity contribution in [2.75, 3.05) is 18.6 Å². The van der Waals surface area contributed by atoms with Crippen LogP contribution in [0, 0.1) is 0 Å². The molecule has 0 unspecified atom stereocenters. The number of aromatic nitrogens is 1. The fraction of sp³-hybridized carbons (Fsp3) is 0.182. The Balaban J connectivity index is 2.54. The normalized spacial score (nSPS) is 10.3. The molecule has 1 aromatic heterocycles. The highest BCUT2D eigenvalue weighted by atomic mass is 32.1. The summed E-state index contributed by atoms with van der Waals surface area (Å²) in [5.74, 6) is -0.598. The number of anilines is 1. The number of carbonyl (C=O) groups is 2. The van der Waals surface area contributed by atoms with E-state index in [2.05, 4.69) is 9.11 Å². The Morgan fingerprint density at radius 1 is 1.44 bits per heavy atom. The van der Waals surface area contributed by atoms with Crippen LogP contribution in [-0.2, 0) is 9.53 Å². The molecule has 1 aromatic carbocycles. The number of rotatable bonds is 2. The predicted octanol–water partition coefficient (Wildman–Crippen LogP) is 1.39. The van der Waals surface area contributed by atoms with Crippen LogP contribution in [0.4, 0.5) is 10.6 Å². The van der Waals surface area contributed by atoms with Crippen LogP contribution < -0.4 is 4.90 Å². The molecule has 0 spiro atoms. The largest absolute Gasteiger partial charge is 0.452 e. The Bertz CT molecular complexity index is 579. The number of imide groups is 1. The first-order chi connectivity index (χ1) is 8.69. The number of methoxy groups -OCH3 is 1. The molecule has 0 aliphatic carbocycles. The third kappa shape index (κ3) is 2.05. The topological polar surface area (TPSA) is 79.7 Å². The molecular formula is C11H10N2O4S. The molecule has 0 fully saturated rings. The lowest BCUT2D eigenvalue weighted by atomic mass is 10.2. The maximum absolute atomic E-state index is 11.6. The molecule has 0 aliphatic rings. The van der Waals surface area contributed by atoms with Crippen molar-refractivity contribution in [3.63, 3.8) is 0 Å². The van der Waals surface area contributed by atoms with E-state index in [1.165, 1.54) is 0 Å². The summed E-state index contributed by atoms with van der Waals surface area (Å²) < 4.78 is 9.44. The van der Waals surface area contributed by atoms with E-state index in [0.717, 1.165) is 28.2 Å². The molecule has 0 aliphatic heterocycles. The average Bonchev–Trinajstić information content (AvgIpc) is 2.82. The highest BCUT2D eigenvalue weighted by Gasteiger charge is 2.27. The van der Waals surface area contributed by atoms with Crippen molar-refractivity contribution < 1.29 is 19.4 Å². The van der Waals surface area contributed by atoms with Gasteiger partial charge in [0.15, 0.2) is 5.82 Å². The fourth-order valence-corrected chi connectivity index (χ4v) is 2.26. The molecule has 2 rings (SSSR count). The second-order valence-electron chi connectivity index (χ2n) is 3.36. The van der Waals surface area contributed by atoms with E-state index in [9.17, 15) is 9.59 Å². The number of carbonyl (C=O) groups excluding carboxylic acids is 2. The van der Waals surface area contributed by atoms with Crippen LogP contribution >= 0.6 is 11.5 Å². The van der Waals surface area contributed by atoms with E-state index in [4.69, 9.17) is 5.11 Å². The van der Waals surface area contributed by atoms with Gasteiger partial charge < -0.3 is 9.84 Å². The van der Waals surface area contributed by atoms with Gasteiger partial charge in [0.05, 0.1) is 11.8 Å². The number of amides is 2. The van der Waals surface area contributed by atoms with Crippen LogP contribution in [0.25, 0.3) is 10.1 Å². The molecule has 0 saturated heterocycles. The summed E-state index contributed by atoms with van der Waals surface area (Å²) >= 11 is 1.16. The molecule has 94 valence electrons. The average molecular weight is 266 g/mol. The lowest BCUT2D eigenvalue weighted by Crippen LogP contribution is -2.39. The minimum absolute atomic E-state index is 0.182. The van der Waals surface area contributed by atoms with Crippen molar-refractivity contribution in [3.8, 4) is 0 Å². The Morgan fingerprint density at radius 3 is 2.83 bits per heavy atom. The zero-order valence-corrected chi connectivity index (χ0v) is 10.3. The molecule has 1 heterocycles. The second-order valence-corrected chi connectivity index (χ2v) is 4.16. The third-order valence-corrected chi connectivity index (χ3v) is 3.13. The van der Waals surface area contributed by atoms with Gasteiger partial charge in [0.2, 0.25) is 0 Å². The van der Waals surface area contributed by atoms with Gasteiger partial charge in [-0.1, -0.05) is 12.1 Å². The van der Waals surface area contributed by atoms with Crippen molar-refractivity contribution >= 4 is 39.4 Å². The van der Waals surface area contributed by atoms with Crippen LogP contribution in [0.15, 0.2) is 24.3 Å². The Kier molecular flexibility index (Phi) is 3.54. The number of hydrogen-bond acceptors (Lipinski definition) is 6. The first-order valence-corrected chi connectivity index (χ1v) is 5.82. The van der Waals surface area contributed by atoms with Crippen molar-refractivity contribution in [2.24, 2.45) is 0 Å². The zero-order chi connectivity index (χ0) is 13.1. The summed E-state index contributed by atoms with van der Waals surface area (Å²) in [5, 5.41) is 9.56. The summed E-state index contributed by atoms with van der Waals surface area (Å²) in [4.78, 5) is 23.9. The number of aliphatic hydroxyl groups is 1. The third-order valence-electron chi connectivity index (χ3n) is 2.31. The highest BCUT2D eigenvalue weighted by Crippen LogP contribution is 2.29. The molecule has 2 amide bonds. The fourth-order valence-electron chi connectivity index (χ4n) is 1.50. The van der Waals surface area contributed by atoms with Gasteiger partial charge >= 0.3 is 6.09 Å². The molecule has 7 heteroatoms. The molecule has 6 nitrogen and oxygen atoms in total. The Labute approximate surface area is 107 Å². The quantitative estimate of drug-likeness (QED) is 0.888. The molecule has 18 heavy (non-hydrogen) atoms. The Morgan fingerprint density at radius 2 is 2.17 bits per heavy atom. The number of benzene rings is 1. The molecule has 0 radical (unpaired) electrons. The zero-order valence-electron chi connectivity index (χ0n) is 9.49. The second kappa shape index (κ2) is 5.11. The summed E-state index contributed by atoms with van der Waals surface area (Å²) in [6.45, 7) is -0.791. The minimum atomic E-state index is -0.870.